The van der Waals surface area contributed by atoms with Gasteiger partial charge in [0.05, 0.1) is 6.10 Å². The van der Waals surface area contributed by atoms with Crippen molar-refractivity contribution < 1.29 is 14.3 Å². The summed E-state index contributed by atoms with van der Waals surface area (Å²) in [5, 5.41) is 2.66. The molecule has 1 saturated carbocycles. The zero-order valence-electron chi connectivity index (χ0n) is 12.1. The van der Waals surface area contributed by atoms with E-state index in [0.717, 1.165) is 39.0 Å². The Balaban J connectivity index is 1.82. The summed E-state index contributed by atoms with van der Waals surface area (Å²) in [5.41, 5.74) is 0.283. The minimum Gasteiger partial charge on any atom is -0.378 e. The van der Waals surface area contributed by atoms with Crippen LogP contribution in [0.15, 0.2) is 0 Å². The van der Waals surface area contributed by atoms with Gasteiger partial charge in [-0.05, 0) is 38.5 Å². The van der Waals surface area contributed by atoms with Crippen molar-refractivity contribution in [2.45, 2.75) is 52.2 Å². The second kappa shape index (κ2) is 5.49. The zero-order chi connectivity index (χ0) is 14.0. The fraction of sp³-hybridized carbons (Fsp3) is 0.857. The molecule has 1 unspecified atom stereocenters. The van der Waals surface area contributed by atoms with Gasteiger partial charge in [-0.2, -0.15) is 0 Å². The maximum absolute atomic E-state index is 12.2. The summed E-state index contributed by atoms with van der Waals surface area (Å²) in [6.45, 7) is 7.60. The van der Waals surface area contributed by atoms with Crippen LogP contribution < -0.4 is 5.32 Å². The van der Waals surface area contributed by atoms with E-state index in [0.29, 0.717) is 6.10 Å². The predicted octanol–water partition coefficient (Wildman–Crippen LogP) is 0.929. The van der Waals surface area contributed by atoms with E-state index < -0.39 is 6.04 Å². The number of ether oxygens (including phenoxy) is 1. The van der Waals surface area contributed by atoms with Crippen molar-refractivity contribution in [3.63, 3.8) is 0 Å². The molecule has 0 radical (unpaired) electrons. The van der Waals surface area contributed by atoms with Crippen molar-refractivity contribution in [1.82, 2.24) is 10.2 Å². The van der Waals surface area contributed by atoms with Crippen LogP contribution in [-0.4, -0.2) is 48.6 Å². The van der Waals surface area contributed by atoms with Crippen LogP contribution in [-0.2, 0) is 14.3 Å². The van der Waals surface area contributed by atoms with Gasteiger partial charge in [-0.1, -0.05) is 0 Å². The summed E-state index contributed by atoms with van der Waals surface area (Å²) in [5.74, 6) is -0.123. The van der Waals surface area contributed by atoms with Crippen LogP contribution in [0.5, 0.6) is 0 Å². The maximum atomic E-state index is 12.2. The highest BCUT2D eigenvalue weighted by Gasteiger charge is 2.50. The number of hydrogen-bond donors (Lipinski definition) is 1. The summed E-state index contributed by atoms with van der Waals surface area (Å²) < 4.78 is 5.60. The number of carbonyl (C=O) groups is 2. The quantitative estimate of drug-likeness (QED) is 0.825. The summed E-state index contributed by atoms with van der Waals surface area (Å²) in [7, 11) is 0. The number of rotatable bonds is 4. The lowest BCUT2D eigenvalue weighted by molar-refractivity contribution is -0.136. The Labute approximate surface area is 114 Å². The minimum absolute atomic E-state index is 0.0342. The van der Waals surface area contributed by atoms with Gasteiger partial charge in [0.2, 0.25) is 11.8 Å². The molecule has 1 saturated heterocycles. The first-order chi connectivity index (χ1) is 8.96. The molecule has 0 aromatic heterocycles. The Kier molecular flexibility index (Phi) is 4.13. The molecule has 5 heteroatoms. The number of nitrogens with one attached hydrogen (secondary N) is 1. The summed E-state index contributed by atoms with van der Waals surface area (Å²) >= 11 is 0. The molecule has 108 valence electrons. The Morgan fingerprint density at radius 1 is 1.47 bits per heavy atom. The SMILES string of the molecule is CCOC1CC2(CCN(C(=O)C(C)NC(C)=O)C2)C1. The average Bonchev–Trinajstić information content (AvgIpc) is 2.72. The predicted molar refractivity (Wildman–Crippen MR) is 71.6 cm³/mol. The van der Waals surface area contributed by atoms with E-state index in [9.17, 15) is 9.59 Å². The molecule has 1 aliphatic heterocycles. The molecule has 2 amide bonds. The van der Waals surface area contributed by atoms with Gasteiger partial charge in [-0.3, -0.25) is 9.59 Å². The molecule has 19 heavy (non-hydrogen) atoms. The highest BCUT2D eigenvalue weighted by Crippen LogP contribution is 2.49. The first kappa shape index (κ1) is 14.3. The fourth-order valence-electron chi connectivity index (χ4n) is 3.36. The zero-order valence-corrected chi connectivity index (χ0v) is 12.1. The molecule has 1 heterocycles. The summed E-state index contributed by atoms with van der Waals surface area (Å²) in [6, 6.07) is -0.421. The lowest BCUT2D eigenvalue weighted by Gasteiger charge is -2.44. The van der Waals surface area contributed by atoms with Crippen LogP contribution in [0.4, 0.5) is 0 Å². The number of hydrogen-bond acceptors (Lipinski definition) is 3. The van der Waals surface area contributed by atoms with Crippen LogP contribution in [0.2, 0.25) is 0 Å². The van der Waals surface area contributed by atoms with E-state index in [4.69, 9.17) is 4.74 Å². The Hall–Kier alpha value is -1.10. The topological polar surface area (TPSA) is 58.6 Å². The molecule has 1 atom stereocenters. The van der Waals surface area contributed by atoms with E-state index in [1.807, 2.05) is 11.8 Å². The van der Waals surface area contributed by atoms with Crippen LogP contribution in [0.1, 0.15) is 40.0 Å². The molecule has 5 nitrogen and oxygen atoms in total. The first-order valence-corrected chi connectivity index (χ1v) is 7.13. The lowest BCUT2D eigenvalue weighted by atomic mass is 9.66. The molecular formula is C14H24N2O3. The van der Waals surface area contributed by atoms with Gasteiger partial charge in [0.15, 0.2) is 0 Å². The van der Waals surface area contributed by atoms with Crippen LogP contribution in [0.25, 0.3) is 0 Å². The number of carbonyl (C=O) groups excluding carboxylic acids is 2. The molecular weight excluding hydrogens is 244 g/mol. The molecule has 0 aromatic rings. The van der Waals surface area contributed by atoms with E-state index in [2.05, 4.69) is 5.32 Å². The molecule has 0 aromatic carbocycles. The first-order valence-electron chi connectivity index (χ1n) is 7.13. The van der Waals surface area contributed by atoms with E-state index in [1.165, 1.54) is 6.92 Å². The van der Waals surface area contributed by atoms with Crippen LogP contribution in [0, 0.1) is 5.41 Å². The molecule has 1 spiro atoms. The lowest BCUT2D eigenvalue weighted by Crippen LogP contribution is -2.48. The van der Waals surface area contributed by atoms with E-state index in [1.54, 1.807) is 6.92 Å². The molecule has 2 fully saturated rings. The highest BCUT2D eigenvalue weighted by atomic mass is 16.5. The number of likely N-dealkylation sites (tertiary alicyclic amines) is 1. The third kappa shape index (κ3) is 3.08. The van der Waals surface area contributed by atoms with Gasteiger partial charge in [-0.15, -0.1) is 0 Å². The summed E-state index contributed by atoms with van der Waals surface area (Å²) in [4.78, 5) is 25.1. The van der Waals surface area contributed by atoms with Gasteiger partial charge in [0.25, 0.3) is 0 Å². The van der Waals surface area contributed by atoms with Gasteiger partial charge >= 0.3 is 0 Å². The van der Waals surface area contributed by atoms with Gasteiger partial charge in [-0.25, -0.2) is 0 Å². The molecule has 2 rings (SSSR count). The minimum atomic E-state index is -0.421. The van der Waals surface area contributed by atoms with Crippen molar-refractivity contribution >= 4 is 11.8 Å². The van der Waals surface area contributed by atoms with E-state index in [-0.39, 0.29) is 17.2 Å². The second-order valence-electron chi connectivity index (χ2n) is 5.92. The van der Waals surface area contributed by atoms with Crippen LogP contribution >= 0.6 is 0 Å². The van der Waals surface area contributed by atoms with E-state index >= 15 is 0 Å². The second-order valence-corrected chi connectivity index (χ2v) is 5.92. The average molecular weight is 268 g/mol. The Morgan fingerprint density at radius 2 is 2.16 bits per heavy atom. The monoisotopic (exact) mass is 268 g/mol. The van der Waals surface area contributed by atoms with Crippen molar-refractivity contribution in [1.29, 1.82) is 0 Å². The maximum Gasteiger partial charge on any atom is 0.244 e. The molecule has 2 aliphatic rings. The molecule has 1 N–H and O–H groups in total. The third-order valence-corrected chi connectivity index (χ3v) is 4.26. The Morgan fingerprint density at radius 3 is 2.74 bits per heavy atom. The normalized spacial score (nSPS) is 31.1. The number of amides is 2. The summed E-state index contributed by atoms with van der Waals surface area (Å²) in [6.07, 6.45) is 3.58. The van der Waals surface area contributed by atoms with Crippen molar-refractivity contribution in [2.24, 2.45) is 5.41 Å². The van der Waals surface area contributed by atoms with Gasteiger partial charge in [0.1, 0.15) is 6.04 Å². The standard InChI is InChI=1S/C14H24N2O3/c1-4-19-12-7-14(8-12)5-6-16(9-14)13(18)10(2)15-11(3)17/h10,12H,4-9H2,1-3H3,(H,15,17). The van der Waals surface area contributed by atoms with Gasteiger partial charge < -0.3 is 15.0 Å². The molecule has 1 aliphatic carbocycles. The van der Waals surface area contributed by atoms with Crippen molar-refractivity contribution in [3.05, 3.63) is 0 Å². The highest BCUT2D eigenvalue weighted by molar-refractivity contribution is 5.86. The smallest absolute Gasteiger partial charge is 0.244 e. The Bertz CT molecular complexity index is 364. The van der Waals surface area contributed by atoms with Crippen molar-refractivity contribution in [2.75, 3.05) is 19.7 Å². The number of nitrogens with zero attached hydrogens (tertiary/aromatic N) is 1. The van der Waals surface area contributed by atoms with Crippen molar-refractivity contribution in [3.8, 4) is 0 Å². The third-order valence-electron chi connectivity index (χ3n) is 4.26. The largest absolute Gasteiger partial charge is 0.378 e. The van der Waals surface area contributed by atoms with Crippen LogP contribution in [0.3, 0.4) is 0 Å². The molecule has 0 bridgehead atoms. The fourth-order valence-corrected chi connectivity index (χ4v) is 3.36. The van der Waals surface area contributed by atoms with Gasteiger partial charge in [0, 0.05) is 26.6 Å².